The first-order chi connectivity index (χ1) is 17.5. The molecule has 0 bridgehead atoms. The third-order valence-electron chi connectivity index (χ3n) is 5.16. The van der Waals surface area contributed by atoms with Gasteiger partial charge in [-0.3, -0.25) is 14.5 Å². The van der Waals surface area contributed by atoms with Crippen LogP contribution in [0.2, 0.25) is 5.02 Å². The van der Waals surface area contributed by atoms with Crippen LogP contribution in [0.15, 0.2) is 87.9 Å². The number of halogens is 1. The lowest BCUT2D eigenvalue weighted by Crippen LogP contribution is -2.33. The van der Waals surface area contributed by atoms with E-state index in [2.05, 4.69) is 22.1 Å². The Bertz CT molecular complexity index is 1300. The van der Waals surface area contributed by atoms with Crippen LogP contribution in [0.1, 0.15) is 12.2 Å². The Morgan fingerprint density at radius 1 is 1.19 bits per heavy atom. The number of amidine groups is 1. The summed E-state index contributed by atoms with van der Waals surface area (Å²) in [5.41, 5.74) is 1.50. The quantitative estimate of drug-likeness (QED) is 0.229. The van der Waals surface area contributed by atoms with E-state index in [1.807, 2.05) is 18.2 Å². The number of thioether (sulfide) groups is 1. The standard InChI is InChI=1S/C26H23ClN4O4S/c1-3-14-31-25(33)23(15-24(32)29-19-8-10-20(34-2)11-9-19)36-26(31)30-28-16-21-12-13-22(35-21)17-4-6-18(27)7-5-17/h3-13,16,23H,1,14-15H2,2H3,(H,29,32)/b28-16+,30-26-. The van der Waals surface area contributed by atoms with Crippen molar-refractivity contribution in [3.63, 3.8) is 0 Å². The summed E-state index contributed by atoms with van der Waals surface area (Å²) < 4.78 is 10.9. The van der Waals surface area contributed by atoms with E-state index in [1.54, 1.807) is 55.7 Å². The van der Waals surface area contributed by atoms with Gasteiger partial charge in [-0.25, -0.2) is 0 Å². The Morgan fingerprint density at radius 2 is 1.94 bits per heavy atom. The number of nitrogens with zero attached hydrogens (tertiary/aromatic N) is 3. The van der Waals surface area contributed by atoms with Crippen molar-refractivity contribution < 1.29 is 18.7 Å². The maximum absolute atomic E-state index is 12.9. The zero-order valence-corrected chi connectivity index (χ0v) is 21.0. The van der Waals surface area contributed by atoms with Gasteiger partial charge in [0.25, 0.3) is 0 Å². The highest BCUT2D eigenvalue weighted by Gasteiger charge is 2.38. The van der Waals surface area contributed by atoms with Gasteiger partial charge < -0.3 is 14.5 Å². The highest BCUT2D eigenvalue weighted by molar-refractivity contribution is 8.15. The zero-order valence-electron chi connectivity index (χ0n) is 19.4. The van der Waals surface area contributed by atoms with Crippen LogP contribution in [-0.2, 0) is 9.59 Å². The molecule has 10 heteroatoms. The molecular formula is C26H23ClN4O4S. The molecule has 2 aromatic carbocycles. The molecule has 1 atom stereocenters. The van der Waals surface area contributed by atoms with Gasteiger partial charge in [0.15, 0.2) is 5.17 Å². The molecule has 0 saturated carbocycles. The van der Waals surface area contributed by atoms with E-state index in [9.17, 15) is 9.59 Å². The van der Waals surface area contributed by atoms with Crippen molar-refractivity contribution >= 4 is 52.2 Å². The molecule has 1 N–H and O–H groups in total. The van der Waals surface area contributed by atoms with Gasteiger partial charge >= 0.3 is 0 Å². The van der Waals surface area contributed by atoms with E-state index in [1.165, 1.54) is 22.9 Å². The number of carbonyl (C=O) groups is 2. The SMILES string of the molecule is C=CCN1C(=O)C(CC(=O)Nc2ccc(OC)cc2)S/C1=N\N=C\c1ccc(-c2ccc(Cl)cc2)o1. The lowest BCUT2D eigenvalue weighted by Gasteiger charge is -2.12. The molecule has 1 aliphatic heterocycles. The normalized spacial score (nSPS) is 16.6. The minimum absolute atomic E-state index is 0.00541. The largest absolute Gasteiger partial charge is 0.497 e. The molecule has 36 heavy (non-hydrogen) atoms. The fourth-order valence-electron chi connectivity index (χ4n) is 3.39. The first-order valence-corrected chi connectivity index (χ1v) is 12.2. The molecule has 0 radical (unpaired) electrons. The summed E-state index contributed by atoms with van der Waals surface area (Å²) in [4.78, 5) is 26.9. The average molecular weight is 523 g/mol. The number of furan rings is 1. The van der Waals surface area contributed by atoms with Crippen LogP contribution < -0.4 is 10.1 Å². The number of methoxy groups -OCH3 is 1. The third kappa shape index (κ3) is 6.24. The van der Waals surface area contributed by atoms with E-state index in [0.717, 1.165) is 5.56 Å². The summed E-state index contributed by atoms with van der Waals surface area (Å²) in [7, 11) is 1.57. The van der Waals surface area contributed by atoms with E-state index in [0.29, 0.717) is 33.1 Å². The monoisotopic (exact) mass is 522 g/mol. The van der Waals surface area contributed by atoms with Crippen molar-refractivity contribution in [2.75, 3.05) is 19.0 Å². The first-order valence-electron chi connectivity index (χ1n) is 11.0. The molecule has 1 fully saturated rings. The molecule has 4 rings (SSSR count). The van der Waals surface area contributed by atoms with Crippen LogP contribution in [0.4, 0.5) is 5.69 Å². The van der Waals surface area contributed by atoms with E-state index >= 15 is 0 Å². The first kappa shape index (κ1) is 25.3. The van der Waals surface area contributed by atoms with Crippen LogP contribution in [0, 0.1) is 0 Å². The molecule has 3 aromatic rings. The number of rotatable bonds is 9. The number of anilines is 1. The minimum atomic E-state index is -0.614. The van der Waals surface area contributed by atoms with Gasteiger partial charge in [-0.1, -0.05) is 29.4 Å². The van der Waals surface area contributed by atoms with E-state index in [-0.39, 0.29) is 24.8 Å². The fraction of sp³-hybridized carbons (Fsp3) is 0.154. The molecule has 184 valence electrons. The third-order valence-corrected chi connectivity index (χ3v) is 6.58. The van der Waals surface area contributed by atoms with Gasteiger partial charge in [0.05, 0.1) is 13.3 Å². The topological polar surface area (TPSA) is 96.5 Å². The minimum Gasteiger partial charge on any atom is -0.497 e. The lowest BCUT2D eigenvalue weighted by atomic mass is 10.2. The summed E-state index contributed by atoms with van der Waals surface area (Å²) in [6.45, 7) is 3.97. The van der Waals surface area contributed by atoms with Gasteiger partial charge in [-0.05, 0) is 60.7 Å². The smallest absolute Gasteiger partial charge is 0.243 e. The second-order valence-corrected chi connectivity index (χ2v) is 9.27. The molecule has 8 nitrogen and oxygen atoms in total. The van der Waals surface area contributed by atoms with Crippen molar-refractivity contribution in [3.8, 4) is 17.1 Å². The van der Waals surface area contributed by atoms with Crippen LogP contribution >= 0.6 is 23.4 Å². The van der Waals surface area contributed by atoms with Crippen molar-refractivity contribution in [2.45, 2.75) is 11.7 Å². The Morgan fingerprint density at radius 3 is 2.64 bits per heavy atom. The van der Waals surface area contributed by atoms with Crippen LogP contribution in [0.5, 0.6) is 5.75 Å². The number of carbonyl (C=O) groups excluding carboxylic acids is 2. The van der Waals surface area contributed by atoms with Crippen molar-refractivity contribution in [1.82, 2.24) is 4.90 Å². The predicted molar refractivity (Wildman–Crippen MR) is 144 cm³/mol. The Hall–Kier alpha value is -3.82. The zero-order chi connectivity index (χ0) is 25.5. The van der Waals surface area contributed by atoms with Gasteiger partial charge in [-0.15, -0.1) is 11.7 Å². The maximum Gasteiger partial charge on any atom is 0.243 e. The fourth-order valence-corrected chi connectivity index (χ4v) is 4.62. The number of hydrogen-bond donors (Lipinski definition) is 1. The number of nitrogens with one attached hydrogen (secondary N) is 1. The van der Waals surface area contributed by atoms with Crippen molar-refractivity contribution in [1.29, 1.82) is 0 Å². The number of amides is 2. The Kier molecular flexibility index (Phi) is 8.24. The van der Waals surface area contributed by atoms with E-state index < -0.39 is 5.25 Å². The van der Waals surface area contributed by atoms with Crippen molar-refractivity contribution in [3.05, 3.63) is 84.1 Å². The van der Waals surface area contributed by atoms with E-state index in [4.69, 9.17) is 20.8 Å². The maximum atomic E-state index is 12.9. The summed E-state index contributed by atoms with van der Waals surface area (Å²) in [5, 5.41) is 11.5. The van der Waals surface area contributed by atoms with Crippen molar-refractivity contribution in [2.24, 2.45) is 10.2 Å². The Balaban J connectivity index is 1.40. The summed E-state index contributed by atoms with van der Waals surface area (Å²) in [6, 6.07) is 17.9. The van der Waals surface area contributed by atoms with Gasteiger partial charge in [-0.2, -0.15) is 5.10 Å². The number of ether oxygens (including phenoxy) is 1. The second kappa shape index (κ2) is 11.7. The molecule has 1 aliphatic rings. The highest BCUT2D eigenvalue weighted by atomic mass is 35.5. The van der Waals surface area contributed by atoms with Crippen LogP contribution in [-0.4, -0.2) is 47.0 Å². The van der Waals surface area contributed by atoms with Crippen LogP contribution in [0.3, 0.4) is 0 Å². The molecule has 1 unspecified atom stereocenters. The molecule has 1 saturated heterocycles. The molecule has 2 heterocycles. The van der Waals surface area contributed by atoms with Crippen LogP contribution in [0.25, 0.3) is 11.3 Å². The predicted octanol–water partition coefficient (Wildman–Crippen LogP) is 5.46. The van der Waals surface area contributed by atoms with Gasteiger partial charge in [0, 0.05) is 29.2 Å². The molecule has 0 aliphatic carbocycles. The molecule has 2 amide bonds. The second-order valence-electron chi connectivity index (χ2n) is 7.66. The lowest BCUT2D eigenvalue weighted by molar-refractivity contribution is -0.127. The summed E-state index contributed by atoms with van der Waals surface area (Å²) in [6.07, 6.45) is 3.06. The Labute approximate surface area is 217 Å². The molecule has 0 spiro atoms. The number of hydrogen-bond acceptors (Lipinski definition) is 7. The molecular weight excluding hydrogens is 500 g/mol. The van der Waals surface area contributed by atoms with Gasteiger partial charge in [0.2, 0.25) is 11.8 Å². The highest BCUT2D eigenvalue weighted by Crippen LogP contribution is 2.30. The van der Waals surface area contributed by atoms with Gasteiger partial charge in [0.1, 0.15) is 22.5 Å². The summed E-state index contributed by atoms with van der Waals surface area (Å²) >= 11 is 7.13. The number of benzene rings is 2. The average Bonchev–Trinajstić information content (AvgIpc) is 3.46. The molecule has 1 aromatic heterocycles. The summed E-state index contributed by atoms with van der Waals surface area (Å²) in [5.74, 6) is 1.36.